The maximum atomic E-state index is 12.6. The number of hydrogen-bond acceptors (Lipinski definition) is 4. The molecule has 0 aliphatic rings. The van der Waals surface area contributed by atoms with Gasteiger partial charge in [-0.3, -0.25) is 9.36 Å². The van der Waals surface area contributed by atoms with Crippen LogP contribution in [0.3, 0.4) is 0 Å². The molecule has 0 unspecified atom stereocenters. The van der Waals surface area contributed by atoms with Gasteiger partial charge in [0.2, 0.25) is 0 Å². The van der Waals surface area contributed by atoms with Crippen LogP contribution in [0.15, 0.2) is 53.3 Å². The number of benzene rings is 2. The van der Waals surface area contributed by atoms with Crippen molar-refractivity contribution in [1.82, 2.24) is 9.55 Å². The summed E-state index contributed by atoms with van der Waals surface area (Å²) in [6, 6.07) is 15.4. The molecule has 3 rings (SSSR count). The molecule has 1 N–H and O–H groups in total. The summed E-state index contributed by atoms with van der Waals surface area (Å²) in [6.45, 7) is 0.105. The van der Waals surface area contributed by atoms with E-state index in [0.29, 0.717) is 16.7 Å². The molecule has 0 amide bonds. The van der Waals surface area contributed by atoms with Gasteiger partial charge in [0, 0.05) is 19.8 Å². The highest BCUT2D eigenvalue weighted by atomic mass is 16.3. The third kappa shape index (κ3) is 3.61. The van der Waals surface area contributed by atoms with Crippen LogP contribution in [0.5, 0.6) is 0 Å². The van der Waals surface area contributed by atoms with Crippen LogP contribution in [0.4, 0.5) is 5.69 Å². The first-order valence-electron chi connectivity index (χ1n) is 8.16. The number of anilines is 1. The Kier molecular flexibility index (Phi) is 4.95. The molecule has 5 heteroatoms. The maximum absolute atomic E-state index is 12.6. The fraction of sp³-hybridized carbons (Fsp3) is 0.200. The molecule has 0 atom stereocenters. The Morgan fingerprint density at radius 1 is 1.08 bits per heavy atom. The van der Waals surface area contributed by atoms with Crippen molar-refractivity contribution in [1.29, 1.82) is 0 Å². The van der Waals surface area contributed by atoms with Gasteiger partial charge in [0.25, 0.3) is 5.56 Å². The lowest BCUT2D eigenvalue weighted by molar-refractivity contribution is 0.273. The number of para-hydroxylation sites is 1. The van der Waals surface area contributed by atoms with E-state index in [4.69, 9.17) is 0 Å². The lowest BCUT2D eigenvalue weighted by Crippen LogP contribution is -2.25. The fourth-order valence-corrected chi connectivity index (χ4v) is 2.68. The van der Waals surface area contributed by atoms with Crippen LogP contribution in [0.1, 0.15) is 11.4 Å². The molecular weight excluding hydrogens is 314 g/mol. The third-order valence-electron chi connectivity index (χ3n) is 4.05. The number of aliphatic hydroxyl groups excluding tert-OH is 1. The minimum atomic E-state index is -0.137. The molecule has 25 heavy (non-hydrogen) atoms. The van der Waals surface area contributed by atoms with Crippen molar-refractivity contribution >= 4 is 28.7 Å². The van der Waals surface area contributed by atoms with Crippen LogP contribution in [0.25, 0.3) is 23.1 Å². The second-order valence-corrected chi connectivity index (χ2v) is 5.99. The van der Waals surface area contributed by atoms with Crippen molar-refractivity contribution in [2.75, 3.05) is 25.6 Å². The van der Waals surface area contributed by atoms with Crippen molar-refractivity contribution in [3.8, 4) is 0 Å². The molecule has 0 aliphatic heterocycles. The molecule has 128 valence electrons. The van der Waals surface area contributed by atoms with E-state index < -0.39 is 0 Å². The van der Waals surface area contributed by atoms with Gasteiger partial charge in [-0.25, -0.2) is 4.98 Å². The summed E-state index contributed by atoms with van der Waals surface area (Å²) in [4.78, 5) is 19.3. The standard InChI is InChI=1S/C20H21N3O2/c1-22(2)16-10-7-15(8-11-16)9-12-19-21-18-6-4-3-5-17(18)20(25)23(19)13-14-24/h3-12,24H,13-14H2,1-2H3. The Hall–Kier alpha value is -2.92. The van der Waals surface area contributed by atoms with E-state index in [1.165, 1.54) is 4.57 Å². The fourth-order valence-electron chi connectivity index (χ4n) is 2.68. The van der Waals surface area contributed by atoms with Gasteiger partial charge in [0.15, 0.2) is 0 Å². The lowest BCUT2D eigenvalue weighted by Gasteiger charge is -2.12. The van der Waals surface area contributed by atoms with E-state index in [9.17, 15) is 9.90 Å². The van der Waals surface area contributed by atoms with Crippen molar-refractivity contribution in [2.45, 2.75) is 6.54 Å². The average molecular weight is 335 g/mol. The van der Waals surface area contributed by atoms with Gasteiger partial charge in [-0.15, -0.1) is 0 Å². The second kappa shape index (κ2) is 7.32. The summed E-state index contributed by atoms with van der Waals surface area (Å²) in [5.41, 5.74) is 2.66. The number of hydrogen-bond donors (Lipinski definition) is 1. The first kappa shape index (κ1) is 16.9. The quantitative estimate of drug-likeness (QED) is 0.779. The highest BCUT2D eigenvalue weighted by Gasteiger charge is 2.08. The van der Waals surface area contributed by atoms with Crippen molar-refractivity contribution in [3.63, 3.8) is 0 Å². The van der Waals surface area contributed by atoms with Crippen molar-refractivity contribution in [2.24, 2.45) is 0 Å². The zero-order chi connectivity index (χ0) is 17.8. The Bertz CT molecular complexity index is 957. The van der Waals surface area contributed by atoms with Gasteiger partial charge < -0.3 is 10.0 Å². The molecule has 1 aromatic heterocycles. The number of rotatable bonds is 5. The highest BCUT2D eigenvalue weighted by Crippen LogP contribution is 2.15. The molecule has 0 aliphatic carbocycles. The Labute approximate surface area is 146 Å². The number of aliphatic hydroxyl groups is 1. The van der Waals surface area contributed by atoms with Gasteiger partial charge in [0.05, 0.1) is 24.1 Å². The summed E-state index contributed by atoms with van der Waals surface area (Å²) in [7, 11) is 3.99. The van der Waals surface area contributed by atoms with E-state index in [0.717, 1.165) is 11.3 Å². The average Bonchev–Trinajstić information content (AvgIpc) is 2.63. The molecule has 2 aromatic carbocycles. The minimum Gasteiger partial charge on any atom is -0.395 e. The molecule has 0 bridgehead atoms. The smallest absolute Gasteiger partial charge is 0.261 e. The molecular formula is C20H21N3O2. The van der Waals surface area contributed by atoms with Gasteiger partial charge in [-0.05, 0) is 35.9 Å². The predicted molar refractivity (Wildman–Crippen MR) is 103 cm³/mol. The van der Waals surface area contributed by atoms with E-state index in [-0.39, 0.29) is 18.7 Å². The highest BCUT2D eigenvalue weighted by molar-refractivity contribution is 5.79. The maximum Gasteiger partial charge on any atom is 0.261 e. The van der Waals surface area contributed by atoms with Crippen LogP contribution in [0.2, 0.25) is 0 Å². The van der Waals surface area contributed by atoms with Gasteiger partial charge in [-0.1, -0.05) is 30.3 Å². The number of nitrogens with zero attached hydrogens (tertiary/aromatic N) is 3. The molecule has 3 aromatic rings. The molecule has 5 nitrogen and oxygen atoms in total. The first-order chi connectivity index (χ1) is 12.1. The molecule has 0 saturated carbocycles. The molecule has 0 saturated heterocycles. The summed E-state index contributed by atoms with van der Waals surface area (Å²) in [5.74, 6) is 0.537. The van der Waals surface area contributed by atoms with Crippen LogP contribution < -0.4 is 10.5 Å². The SMILES string of the molecule is CN(C)c1ccc(C=Cc2nc3ccccc3c(=O)n2CCO)cc1. The zero-order valence-electron chi connectivity index (χ0n) is 14.4. The molecule has 1 heterocycles. The van der Waals surface area contributed by atoms with Crippen molar-refractivity contribution in [3.05, 3.63) is 70.3 Å². The summed E-state index contributed by atoms with van der Waals surface area (Å²) >= 11 is 0. The molecule has 0 spiro atoms. The lowest BCUT2D eigenvalue weighted by atomic mass is 10.2. The van der Waals surface area contributed by atoms with Crippen LogP contribution in [-0.2, 0) is 6.54 Å². The Morgan fingerprint density at radius 3 is 2.48 bits per heavy atom. The van der Waals surface area contributed by atoms with Crippen molar-refractivity contribution < 1.29 is 5.11 Å². The summed E-state index contributed by atoms with van der Waals surface area (Å²) in [6.07, 6.45) is 3.73. The monoisotopic (exact) mass is 335 g/mol. The van der Waals surface area contributed by atoms with E-state index >= 15 is 0 Å². The van der Waals surface area contributed by atoms with Gasteiger partial charge in [0.1, 0.15) is 5.82 Å². The minimum absolute atomic E-state index is 0.113. The number of fused-ring (bicyclic) bond motifs is 1. The summed E-state index contributed by atoms with van der Waals surface area (Å²) < 4.78 is 1.51. The van der Waals surface area contributed by atoms with Crippen LogP contribution in [-0.4, -0.2) is 35.4 Å². The third-order valence-corrected chi connectivity index (χ3v) is 4.05. The summed E-state index contributed by atoms with van der Waals surface area (Å²) in [5, 5.41) is 9.85. The zero-order valence-corrected chi connectivity index (χ0v) is 14.4. The molecule has 0 fully saturated rings. The van der Waals surface area contributed by atoms with Gasteiger partial charge >= 0.3 is 0 Å². The largest absolute Gasteiger partial charge is 0.395 e. The normalized spacial score (nSPS) is 11.3. The van der Waals surface area contributed by atoms with E-state index in [2.05, 4.69) is 4.98 Å². The van der Waals surface area contributed by atoms with E-state index in [1.54, 1.807) is 6.07 Å². The van der Waals surface area contributed by atoms with Crippen LogP contribution >= 0.6 is 0 Å². The molecule has 0 radical (unpaired) electrons. The Morgan fingerprint density at radius 2 is 1.80 bits per heavy atom. The first-order valence-corrected chi connectivity index (χ1v) is 8.16. The van der Waals surface area contributed by atoms with Crippen LogP contribution in [0, 0.1) is 0 Å². The topological polar surface area (TPSA) is 58.4 Å². The number of aromatic nitrogens is 2. The Balaban J connectivity index is 2.02. The van der Waals surface area contributed by atoms with E-state index in [1.807, 2.05) is 73.6 Å². The van der Waals surface area contributed by atoms with Gasteiger partial charge in [-0.2, -0.15) is 0 Å². The predicted octanol–water partition coefficient (Wildman–Crippen LogP) is 2.63. The second-order valence-electron chi connectivity index (χ2n) is 5.99.